The van der Waals surface area contributed by atoms with Gasteiger partial charge in [0, 0.05) is 6.07 Å². The summed E-state index contributed by atoms with van der Waals surface area (Å²) in [6.45, 7) is 7.04. The van der Waals surface area contributed by atoms with Crippen LogP contribution in [0.1, 0.15) is 27.7 Å². The molecule has 0 bridgehead atoms. The van der Waals surface area contributed by atoms with Gasteiger partial charge >= 0.3 is 6.09 Å². The SMILES string of the molecule is COc1cc(N=Nc2ccccc2)c(N)nc1NC(=O)OC[C@@]12OC[C@H]3OC(C)(C)O[C@H]3[C@@H]1OC(C)(C)O2. The Morgan fingerprint density at radius 3 is 2.63 bits per heavy atom. The summed E-state index contributed by atoms with van der Waals surface area (Å²) < 4.78 is 41.1. The highest BCUT2D eigenvalue weighted by atomic mass is 16.9. The number of amides is 1. The maximum atomic E-state index is 12.8. The van der Waals surface area contributed by atoms with Crippen LogP contribution >= 0.6 is 0 Å². The molecule has 3 fully saturated rings. The van der Waals surface area contributed by atoms with E-state index in [1.165, 1.54) is 13.2 Å². The number of carbonyl (C=O) groups excluding carboxylic acids is 1. The van der Waals surface area contributed by atoms with Crippen LogP contribution in [0.15, 0.2) is 46.6 Å². The van der Waals surface area contributed by atoms with Gasteiger partial charge in [0.2, 0.25) is 5.79 Å². The third-order valence-electron chi connectivity index (χ3n) is 6.14. The van der Waals surface area contributed by atoms with Crippen LogP contribution in [0.25, 0.3) is 0 Å². The summed E-state index contributed by atoms with van der Waals surface area (Å²) >= 11 is 0. The number of nitrogens with zero attached hydrogens (tertiary/aromatic N) is 3. The molecule has 3 N–H and O–H groups in total. The van der Waals surface area contributed by atoms with E-state index in [0.717, 1.165) is 0 Å². The minimum absolute atomic E-state index is 0.0383. The van der Waals surface area contributed by atoms with Crippen LogP contribution in [0.3, 0.4) is 0 Å². The van der Waals surface area contributed by atoms with E-state index in [1.54, 1.807) is 26.0 Å². The number of rotatable bonds is 6. The highest BCUT2D eigenvalue weighted by Gasteiger charge is 2.66. The quantitative estimate of drug-likeness (QED) is 0.523. The number of nitrogen functional groups attached to an aromatic ring is 1. The van der Waals surface area contributed by atoms with Crippen molar-refractivity contribution in [1.82, 2.24) is 4.98 Å². The van der Waals surface area contributed by atoms with Crippen LogP contribution in [0.4, 0.5) is 27.8 Å². The van der Waals surface area contributed by atoms with Crippen LogP contribution in [0.5, 0.6) is 5.75 Å². The number of azo groups is 1. The normalized spacial score (nSPS) is 29.0. The van der Waals surface area contributed by atoms with E-state index < -0.39 is 35.7 Å². The van der Waals surface area contributed by atoms with E-state index in [1.807, 2.05) is 32.0 Å². The summed E-state index contributed by atoms with van der Waals surface area (Å²) in [4.78, 5) is 17.0. The highest BCUT2D eigenvalue weighted by molar-refractivity contribution is 5.86. The average Bonchev–Trinajstić information content (AvgIpc) is 3.34. The Morgan fingerprint density at radius 1 is 1.13 bits per heavy atom. The Morgan fingerprint density at radius 2 is 1.89 bits per heavy atom. The van der Waals surface area contributed by atoms with Crippen molar-refractivity contribution in [2.75, 3.05) is 31.4 Å². The molecule has 0 unspecified atom stereocenters. The van der Waals surface area contributed by atoms with Gasteiger partial charge in [-0.25, -0.2) is 9.78 Å². The van der Waals surface area contributed by atoms with Crippen molar-refractivity contribution in [3.63, 3.8) is 0 Å². The lowest BCUT2D eigenvalue weighted by molar-refractivity contribution is -0.293. The minimum Gasteiger partial charge on any atom is -0.493 e. The Hall–Kier alpha value is -3.36. The van der Waals surface area contributed by atoms with Gasteiger partial charge in [0.05, 0.1) is 19.4 Å². The molecular formula is C25H31N5O8. The van der Waals surface area contributed by atoms with Gasteiger partial charge in [-0.1, -0.05) is 18.2 Å². The molecule has 0 spiro atoms. The molecule has 4 heterocycles. The van der Waals surface area contributed by atoms with E-state index in [4.69, 9.17) is 38.9 Å². The summed E-state index contributed by atoms with van der Waals surface area (Å²) in [5, 5.41) is 10.8. The number of nitrogens with one attached hydrogen (secondary N) is 1. The summed E-state index contributed by atoms with van der Waals surface area (Å²) in [6, 6.07) is 10.7. The van der Waals surface area contributed by atoms with Crippen molar-refractivity contribution in [2.45, 2.75) is 63.4 Å². The van der Waals surface area contributed by atoms with Crippen molar-refractivity contribution >= 4 is 29.1 Å². The predicted octanol–water partition coefficient (Wildman–Crippen LogP) is 4.03. The van der Waals surface area contributed by atoms with Gasteiger partial charge in [0.15, 0.2) is 35.6 Å². The number of methoxy groups -OCH3 is 1. The maximum Gasteiger partial charge on any atom is 0.413 e. The van der Waals surface area contributed by atoms with Gasteiger partial charge in [-0.3, -0.25) is 5.32 Å². The minimum atomic E-state index is -1.38. The van der Waals surface area contributed by atoms with Crippen molar-refractivity contribution in [1.29, 1.82) is 0 Å². The standard InChI is InChI=1S/C25H31N5O8/c1-23(2)35-17-12-34-25(19(18(17)36-23)37-24(3,4)38-25)13-33-22(31)28-21-16(32-5)11-15(20(26)27-21)30-29-14-9-7-6-8-10-14/h6-11,17-19H,12-13H2,1-5H3,(H3,26,27,28,31)/t17-,18-,19+,25+/m1/s1. The number of anilines is 2. The summed E-state index contributed by atoms with van der Waals surface area (Å²) in [6.07, 6.45) is -2.33. The number of pyridine rings is 1. The Bertz CT molecular complexity index is 1220. The van der Waals surface area contributed by atoms with Crippen molar-refractivity contribution < 1.29 is 38.0 Å². The summed E-state index contributed by atoms with van der Waals surface area (Å²) in [5.41, 5.74) is 6.97. The van der Waals surface area contributed by atoms with Gasteiger partial charge in [0.25, 0.3) is 0 Å². The Labute approximate surface area is 219 Å². The van der Waals surface area contributed by atoms with E-state index in [9.17, 15) is 4.79 Å². The zero-order valence-electron chi connectivity index (χ0n) is 21.8. The van der Waals surface area contributed by atoms with E-state index >= 15 is 0 Å². The molecule has 204 valence electrons. The lowest BCUT2D eigenvalue weighted by atomic mass is 9.97. The lowest BCUT2D eigenvalue weighted by Gasteiger charge is -2.40. The van der Waals surface area contributed by atoms with Gasteiger partial charge in [-0.2, -0.15) is 5.11 Å². The molecule has 13 heteroatoms. The average molecular weight is 530 g/mol. The fourth-order valence-corrected chi connectivity index (χ4v) is 4.68. The molecule has 38 heavy (non-hydrogen) atoms. The third kappa shape index (κ3) is 5.28. The molecule has 0 aliphatic carbocycles. The molecule has 3 aliphatic heterocycles. The molecule has 2 aromatic rings. The molecule has 0 radical (unpaired) electrons. The fraction of sp³-hybridized carbons (Fsp3) is 0.520. The van der Waals surface area contributed by atoms with Crippen LogP contribution in [0, 0.1) is 0 Å². The van der Waals surface area contributed by atoms with Gasteiger partial charge < -0.3 is 38.9 Å². The number of ether oxygens (including phenoxy) is 7. The number of nitrogens with two attached hydrogens (primary N) is 1. The first kappa shape index (κ1) is 26.3. The number of benzene rings is 1. The van der Waals surface area contributed by atoms with Crippen LogP contribution in [-0.2, 0) is 28.4 Å². The first-order valence-corrected chi connectivity index (χ1v) is 12.1. The number of hydrogen-bond donors (Lipinski definition) is 2. The van der Waals surface area contributed by atoms with Gasteiger partial charge in [0.1, 0.15) is 24.0 Å². The van der Waals surface area contributed by atoms with Crippen molar-refractivity contribution in [3.8, 4) is 5.75 Å². The number of carbonyl (C=O) groups is 1. The summed E-state index contributed by atoms with van der Waals surface area (Å²) in [5.74, 6) is -2.89. The zero-order chi connectivity index (χ0) is 27.1. The molecule has 5 rings (SSSR count). The lowest BCUT2D eigenvalue weighted by Crippen LogP contribution is -2.60. The first-order chi connectivity index (χ1) is 18.0. The number of aromatic nitrogens is 1. The largest absolute Gasteiger partial charge is 0.493 e. The Kier molecular flexibility index (Phi) is 6.73. The van der Waals surface area contributed by atoms with E-state index in [-0.39, 0.29) is 42.4 Å². The Balaban J connectivity index is 1.28. The second kappa shape index (κ2) is 9.75. The van der Waals surface area contributed by atoms with Gasteiger partial charge in [-0.05, 0) is 39.8 Å². The molecule has 13 nitrogen and oxygen atoms in total. The monoisotopic (exact) mass is 529 g/mol. The number of fused-ring (bicyclic) bond motifs is 3. The second-order valence-electron chi connectivity index (χ2n) is 9.98. The third-order valence-corrected chi connectivity index (χ3v) is 6.14. The van der Waals surface area contributed by atoms with Gasteiger partial charge in [-0.15, -0.1) is 5.11 Å². The maximum absolute atomic E-state index is 12.8. The predicted molar refractivity (Wildman–Crippen MR) is 133 cm³/mol. The van der Waals surface area contributed by atoms with E-state index in [0.29, 0.717) is 5.69 Å². The molecule has 1 aromatic carbocycles. The van der Waals surface area contributed by atoms with Crippen LogP contribution < -0.4 is 15.8 Å². The zero-order valence-corrected chi connectivity index (χ0v) is 21.8. The molecule has 3 aliphatic rings. The van der Waals surface area contributed by atoms with E-state index in [2.05, 4.69) is 20.5 Å². The fourth-order valence-electron chi connectivity index (χ4n) is 4.68. The molecule has 1 amide bonds. The van der Waals surface area contributed by atoms with Crippen LogP contribution in [0.2, 0.25) is 0 Å². The highest BCUT2D eigenvalue weighted by Crippen LogP contribution is 2.47. The van der Waals surface area contributed by atoms with Crippen molar-refractivity contribution in [3.05, 3.63) is 36.4 Å². The molecule has 0 saturated carbocycles. The smallest absolute Gasteiger partial charge is 0.413 e. The first-order valence-electron chi connectivity index (χ1n) is 12.1. The van der Waals surface area contributed by atoms with Crippen LogP contribution in [-0.4, -0.2) is 67.1 Å². The molecule has 1 aromatic heterocycles. The second-order valence-corrected chi connectivity index (χ2v) is 9.98. The summed E-state index contributed by atoms with van der Waals surface area (Å²) in [7, 11) is 1.43. The molecular weight excluding hydrogens is 498 g/mol. The van der Waals surface area contributed by atoms with Crippen molar-refractivity contribution in [2.24, 2.45) is 10.2 Å². The molecule has 3 saturated heterocycles. The topological polar surface area (TPSA) is 157 Å². The number of hydrogen-bond acceptors (Lipinski definition) is 12. The molecule has 4 atom stereocenters.